The van der Waals surface area contributed by atoms with Crippen LogP contribution in [0, 0.1) is 12.8 Å². The van der Waals surface area contributed by atoms with Crippen molar-refractivity contribution in [3.05, 3.63) is 35.4 Å². The van der Waals surface area contributed by atoms with Gasteiger partial charge in [0.05, 0.1) is 0 Å². The first-order valence-electron chi connectivity index (χ1n) is 7.53. The molecule has 2 unspecified atom stereocenters. The smallest absolute Gasteiger partial charge is 0.0334 e. The number of hydrogen-bond donors (Lipinski definition) is 1. The van der Waals surface area contributed by atoms with Gasteiger partial charge in [-0.2, -0.15) is 0 Å². The molecule has 0 saturated heterocycles. The van der Waals surface area contributed by atoms with Crippen LogP contribution in [0.4, 0.5) is 0 Å². The van der Waals surface area contributed by atoms with E-state index in [9.17, 15) is 0 Å². The molecule has 1 aliphatic carbocycles. The minimum Gasteiger partial charge on any atom is -0.329 e. The van der Waals surface area contributed by atoms with Gasteiger partial charge in [0.15, 0.2) is 0 Å². The maximum absolute atomic E-state index is 6.15. The van der Waals surface area contributed by atoms with E-state index in [0.29, 0.717) is 0 Å². The highest BCUT2D eigenvalue weighted by molar-refractivity contribution is 5.25. The average molecular weight is 260 g/mol. The van der Waals surface area contributed by atoms with E-state index in [-0.39, 0.29) is 5.54 Å². The molecule has 1 aromatic rings. The summed E-state index contributed by atoms with van der Waals surface area (Å²) < 4.78 is 0. The maximum atomic E-state index is 6.15. The second kappa shape index (κ2) is 6.06. The molecule has 0 aromatic heterocycles. The van der Waals surface area contributed by atoms with Crippen molar-refractivity contribution in [1.29, 1.82) is 0 Å². The molecule has 1 fully saturated rings. The highest BCUT2D eigenvalue weighted by Crippen LogP contribution is 2.36. The Morgan fingerprint density at radius 3 is 2.74 bits per heavy atom. The SMILES string of the molecule is Cc1ccccc1CN(C)C1(CN)CCCC(C)C1. The first-order chi connectivity index (χ1) is 9.07. The van der Waals surface area contributed by atoms with E-state index in [1.165, 1.54) is 36.8 Å². The van der Waals surface area contributed by atoms with Gasteiger partial charge in [0.1, 0.15) is 0 Å². The van der Waals surface area contributed by atoms with Crippen molar-refractivity contribution in [1.82, 2.24) is 4.90 Å². The fourth-order valence-electron chi connectivity index (χ4n) is 3.53. The average Bonchev–Trinajstić information content (AvgIpc) is 2.41. The molecule has 2 atom stereocenters. The summed E-state index contributed by atoms with van der Waals surface area (Å²) in [5.74, 6) is 0.802. The lowest BCUT2D eigenvalue weighted by Gasteiger charge is -2.46. The monoisotopic (exact) mass is 260 g/mol. The van der Waals surface area contributed by atoms with E-state index in [4.69, 9.17) is 5.73 Å². The summed E-state index contributed by atoms with van der Waals surface area (Å²) in [6.07, 6.45) is 5.17. The molecular weight excluding hydrogens is 232 g/mol. The van der Waals surface area contributed by atoms with Crippen molar-refractivity contribution in [3.63, 3.8) is 0 Å². The van der Waals surface area contributed by atoms with Gasteiger partial charge in [0, 0.05) is 18.6 Å². The van der Waals surface area contributed by atoms with Crippen LogP contribution in [-0.2, 0) is 6.54 Å². The van der Waals surface area contributed by atoms with Crippen LogP contribution in [0.5, 0.6) is 0 Å². The summed E-state index contributed by atoms with van der Waals surface area (Å²) in [5.41, 5.74) is 9.17. The Hall–Kier alpha value is -0.860. The third-order valence-electron chi connectivity index (χ3n) is 4.93. The molecule has 2 heteroatoms. The van der Waals surface area contributed by atoms with Gasteiger partial charge in [-0.3, -0.25) is 4.90 Å². The van der Waals surface area contributed by atoms with Crippen LogP contribution in [0.15, 0.2) is 24.3 Å². The quantitative estimate of drug-likeness (QED) is 0.899. The van der Waals surface area contributed by atoms with Crippen molar-refractivity contribution in [2.75, 3.05) is 13.6 Å². The number of likely N-dealkylation sites (N-methyl/N-ethyl adjacent to an activating group) is 1. The maximum Gasteiger partial charge on any atom is 0.0334 e. The molecule has 1 saturated carbocycles. The van der Waals surface area contributed by atoms with Gasteiger partial charge in [-0.1, -0.05) is 44.0 Å². The zero-order valence-corrected chi connectivity index (χ0v) is 12.7. The first-order valence-corrected chi connectivity index (χ1v) is 7.53. The number of rotatable bonds is 4. The normalized spacial score (nSPS) is 27.7. The van der Waals surface area contributed by atoms with Gasteiger partial charge in [0.25, 0.3) is 0 Å². The molecule has 1 aromatic carbocycles. The molecule has 2 rings (SSSR count). The number of nitrogens with zero attached hydrogens (tertiary/aromatic N) is 1. The summed E-state index contributed by atoms with van der Waals surface area (Å²) >= 11 is 0. The number of benzene rings is 1. The predicted octanol–water partition coefficient (Wildman–Crippen LogP) is 3.33. The van der Waals surface area contributed by atoms with E-state index in [2.05, 4.69) is 50.1 Å². The van der Waals surface area contributed by atoms with Crippen molar-refractivity contribution in [2.45, 2.75) is 51.6 Å². The second-order valence-corrected chi connectivity index (χ2v) is 6.41. The van der Waals surface area contributed by atoms with Crippen molar-refractivity contribution in [3.8, 4) is 0 Å². The molecular formula is C17H28N2. The van der Waals surface area contributed by atoms with Gasteiger partial charge in [0.2, 0.25) is 0 Å². The molecule has 0 aliphatic heterocycles. The van der Waals surface area contributed by atoms with Crippen LogP contribution in [0.2, 0.25) is 0 Å². The topological polar surface area (TPSA) is 29.3 Å². The van der Waals surface area contributed by atoms with E-state index >= 15 is 0 Å². The number of aryl methyl sites for hydroxylation is 1. The Balaban J connectivity index is 2.13. The fourth-order valence-corrected chi connectivity index (χ4v) is 3.53. The van der Waals surface area contributed by atoms with Gasteiger partial charge < -0.3 is 5.73 Å². The van der Waals surface area contributed by atoms with Crippen LogP contribution in [0.1, 0.15) is 43.7 Å². The van der Waals surface area contributed by atoms with Gasteiger partial charge in [-0.15, -0.1) is 0 Å². The minimum atomic E-state index is 0.208. The van der Waals surface area contributed by atoms with Crippen molar-refractivity contribution < 1.29 is 0 Å². The predicted molar refractivity (Wildman–Crippen MR) is 82.1 cm³/mol. The number of nitrogens with two attached hydrogens (primary N) is 1. The van der Waals surface area contributed by atoms with E-state index < -0.39 is 0 Å². The molecule has 19 heavy (non-hydrogen) atoms. The molecule has 0 bridgehead atoms. The Kier molecular flexibility index (Phi) is 4.64. The van der Waals surface area contributed by atoms with Crippen LogP contribution in [0.3, 0.4) is 0 Å². The second-order valence-electron chi connectivity index (χ2n) is 6.41. The highest BCUT2D eigenvalue weighted by Gasteiger charge is 2.37. The van der Waals surface area contributed by atoms with Crippen molar-refractivity contribution in [2.24, 2.45) is 11.7 Å². The molecule has 0 amide bonds. The molecule has 2 nitrogen and oxygen atoms in total. The Morgan fingerprint density at radius 1 is 1.37 bits per heavy atom. The minimum absolute atomic E-state index is 0.208. The lowest BCUT2D eigenvalue weighted by Crippen LogP contribution is -2.54. The Morgan fingerprint density at radius 2 is 2.11 bits per heavy atom. The van der Waals surface area contributed by atoms with Crippen LogP contribution in [0.25, 0.3) is 0 Å². The fraction of sp³-hybridized carbons (Fsp3) is 0.647. The van der Waals surface area contributed by atoms with Crippen molar-refractivity contribution >= 4 is 0 Å². The summed E-state index contributed by atoms with van der Waals surface area (Å²) in [7, 11) is 2.25. The molecule has 0 radical (unpaired) electrons. The molecule has 1 aliphatic rings. The summed E-state index contributed by atoms with van der Waals surface area (Å²) in [6, 6.07) is 8.68. The lowest BCUT2D eigenvalue weighted by molar-refractivity contribution is 0.0553. The summed E-state index contributed by atoms with van der Waals surface area (Å²) in [4.78, 5) is 2.50. The van der Waals surface area contributed by atoms with Crippen LogP contribution >= 0.6 is 0 Å². The third-order valence-corrected chi connectivity index (χ3v) is 4.93. The number of hydrogen-bond acceptors (Lipinski definition) is 2. The van der Waals surface area contributed by atoms with E-state index in [1.807, 2.05) is 0 Å². The largest absolute Gasteiger partial charge is 0.329 e. The lowest BCUT2D eigenvalue weighted by atomic mass is 9.75. The zero-order valence-electron chi connectivity index (χ0n) is 12.7. The Labute approximate surface area is 118 Å². The first kappa shape index (κ1) is 14.5. The molecule has 0 heterocycles. The summed E-state index contributed by atoms with van der Waals surface area (Å²) in [5, 5.41) is 0. The standard InChI is InChI=1S/C17H28N2/c1-14-7-6-10-17(11-14,13-18)19(3)12-16-9-5-4-8-15(16)2/h4-5,8-9,14H,6-7,10-13,18H2,1-3H3. The van der Waals surface area contributed by atoms with Gasteiger partial charge in [-0.25, -0.2) is 0 Å². The molecule has 0 spiro atoms. The van der Waals surface area contributed by atoms with Gasteiger partial charge in [-0.05, 0) is 43.9 Å². The summed E-state index contributed by atoms with van der Waals surface area (Å²) in [6.45, 7) is 6.35. The van der Waals surface area contributed by atoms with Gasteiger partial charge >= 0.3 is 0 Å². The van der Waals surface area contributed by atoms with Crippen LogP contribution in [-0.4, -0.2) is 24.0 Å². The Bertz CT molecular complexity index is 415. The molecule has 2 N–H and O–H groups in total. The molecule has 106 valence electrons. The van der Waals surface area contributed by atoms with Crippen LogP contribution < -0.4 is 5.73 Å². The van der Waals surface area contributed by atoms with E-state index in [1.54, 1.807) is 0 Å². The van der Waals surface area contributed by atoms with E-state index in [0.717, 1.165) is 19.0 Å². The zero-order chi connectivity index (χ0) is 13.9. The third kappa shape index (κ3) is 3.18. The highest BCUT2D eigenvalue weighted by atomic mass is 15.2.